The predicted molar refractivity (Wildman–Crippen MR) is 81.8 cm³/mol. The van der Waals surface area contributed by atoms with E-state index in [4.69, 9.17) is 4.74 Å². The minimum Gasteiger partial charge on any atom is -0.494 e. The fraction of sp³-hybridized carbons (Fsp3) is 0.467. The minimum absolute atomic E-state index is 0.119. The average molecular weight is 291 g/mol. The Labute approximate surface area is 124 Å². The molecule has 1 saturated heterocycles. The van der Waals surface area contributed by atoms with Gasteiger partial charge in [0, 0.05) is 51.8 Å². The Hall–Kier alpha value is -2.24. The van der Waals surface area contributed by atoms with Crippen LogP contribution < -0.4 is 15.0 Å². The number of anilines is 2. The fourth-order valence-electron chi connectivity index (χ4n) is 2.45. The first-order chi connectivity index (χ1) is 10.0. The molecule has 0 bridgehead atoms. The van der Waals surface area contributed by atoms with Crippen molar-refractivity contribution in [2.24, 2.45) is 0 Å². The Balaban J connectivity index is 2.11. The predicted octanol–water partition coefficient (Wildman–Crippen LogP) is 1.32. The van der Waals surface area contributed by atoms with Crippen LogP contribution in [0.1, 0.15) is 13.8 Å². The van der Waals surface area contributed by atoms with E-state index in [-0.39, 0.29) is 11.8 Å². The number of ether oxygens (including phenoxy) is 1. The molecule has 0 radical (unpaired) electrons. The molecular weight excluding hydrogens is 270 g/mol. The minimum atomic E-state index is -0.129. The van der Waals surface area contributed by atoms with Crippen LogP contribution in [-0.2, 0) is 9.59 Å². The molecule has 2 amide bonds. The SMILES string of the molecule is COc1cc(N2CCN(C(C)=O)CC2)ccc1NC(C)=O. The molecule has 1 aliphatic heterocycles. The zero-order valence-electron chi connectivity index (χ0n) is 12.7. The number of rotatable bonds is 3. The molecule has 0 atom stereocenters. The highest BCUT2D eigenvalue weighted by atomic mass is 16.5. The maximum atomic E-state index is 11.3. The number of hydrogen-bond acceptors (Lipinski definition) is 4. The van der Waals surface area contributed by atoms with E-state index in [1.807, 2.05) is 23.1 Å². The van der Waals surface area contributed by atoms with Crippen LogP contribution >= 0.6 is 0 Å². The summed E-state index contributed by atoms with van der Waals surface area (Å²) in [6.07, 6.45) is 0. The van der Waals surface area contributed by atoms with Crippen molar-refractivity contribution in [3.05, 3.63) is 18.2 Å². The molecule has 6 heteroatoms. The zero-order chi connectivity index (χ0) is 15.4. The molecule has 0 unspecified atom stereocenters. The molecule has 1 heterocycles. The average Bonchev–Trinajstić information content (AvgIpc) is 2.47. The van der Waals surface area contributed by atoms with Crippen molar-refractivity contribution in [1.29, 1.82) is 0 Å². The first-order valence-electron chi connectivity index (χ1n) is 6.97. The Morgan fingerprint density at radius 2 is 1.81 bits per heavy atom. The van der Waals surface area contributed by atoms with Gasteiger partial charge in [-0.2, -0.15) is 0 Å². The summed E-state index contributed by atoms with van der Waals surface area (Å²) in [5.74, 6) is 0.626. The maximum absolute atomic E-state index is 11.3. The van der Waals surface area contributed by atoms with Crippen molar-refractivity contribution in [3.63, 3.8) is 0 Å². The highest BCUT2D eigenvalue weighted by Gasteiger charge is 2.19. The monoisotopic (exact) mass is 291 g/mol. The maximum Gasteiger partial charge on any atom is 0.221 e. The zero-order valence-corrected chi connectivity index (χ0v) is 12.7. The van der Waals surface area contributed by atoms with Crippen molar-refractivity contribution >= 4 is 23.2 Å². The third kappa shape index (κ3) is 3.65. The van der Waals surface area contributed by atoms with Gasteiger partial charge in [0.2, 0.25) is 11.8 Å². The molecule has 1 fully saturated rings. The van der Waals surface area contributed by atoms with Gasteiger partial charge < -0.3 is 19.9 Å². The van der Waals surface area contributed by atoms with Crippen molar-refractivity contribution in [1.82, 2.24) is 4.90 Å². The highest BCUT2D eigenvalue weighted by molar-refractivity contribution is 5.90. The van der Waals surface area contributed by atoms with Crippen LogP contribution in [-0.4, -0.2) is 50.0 Å². The molecular formula is C15H21N3O3. The first kappa shape index (κ1) is 15.2. The van der Waals surface area contributed by atoms with Gasteiger partial charge in [-0.25, -0.2) is 0 Å². The van der Waals surface area contributed by atoms with Crippen molar-refractivity contribution in [2.45, 2.75) is 13.8 Å². The van der Waals surface area contributed by atoms with Crippen LogP contribution in [0.3, 0.4) is 0 Å². The van der Waals surface area contributed by atoms with E-state index in [0.29, 0.717) is 11.4 Å². The van der Waals surface area contributed by atoms with Crippen LogP contribution in [0.4, 0.5) is 11.4 Å². The number of methoxy groups -OCH3 is 1. The summed E-state index contributed by atoms with van der Waals surface area (Å²) in [6, 6.07) is 5.71. The molecule has 1 N–H and O–H groups in total. The molecule has 0 aliphatic carbocycles. The number of nitrogens with one attached hydrogen (secondary N) is 1. The van der Waals surface area contributed by atoms with Gasteiger partial charge in [0.25, 0.3) is 0 Å². The molecule has 114 valence electrons. The van der Waals surface area contributed by atoms with Crippen molar-refractivity contribution in [2.75, 3.05) is 43.5 Å². The largest absolute Gasteiger partial charge is 0.494 e. The molecule has 6 nitrogen and oxygen atoms in total. The molecule has 21 heavy (non-hydrogen) atoms. The smallest absolute Gasteiger partial charge is 0.221 e. The van der Waals surface area contributed by atoms with Gasteiger partial charge in [-0.1, -0.05) is 0 Å². The third-order valence-corrected chi connectivity index (χ3v) is 3.59. The number of benzene rings is 1. The van der Waals surface area contributed by atoms with Crippen LogP contribution in [0.15, 0.2) is 18.2 Å². The van der Waals surface area contributed by atoms with Gasteiger partial charge >= 0.3 is 0 Å². The van der Waals surface area contributed by atoms with Crippen LogP contribution in [0.2, 0.25) is 0 Å². The van der Waals surface area contributed by atoms with Crippen LogP contribution in [0.25, 0.3) is 0 Å². The summed E-state index contributed by atoms with van der Waals surface area (Å²) >= 11 is 0. The lowest BCUT2D eigenvalue weighted by atomic mass is 10.2. The summed E-state index contributed by atoms with van der Waals surface area (Å²) in [6.45, 7) is 6.11. The summed E-state index contributed by atoms with van der Waals surface area (Å²) in [7, 11) is 1.58. The Morgan fingerprint density at radius 1 is 1.14 bits per heavy atom. The third-order valence-electron chi connectivity index (χ3n) is 3.59. The lowest BCUT2D eigenvalue weighted by molar-refractivity contribution is -0.129. The molecule has 0 saturated carbocycles. The molecule has 2 rings (SSSR count). The van der Waals surface area contributed by atoms with Crippen LogP contribution in [0, 0.1) is 0 Å². The second-order valence-electron chi connectivity index (χ2n) is 5.06. The van der Waals surface area contributed by atoms with E-state index < -0.39 is 0 Å². The molecule has 0 aromatic heterocycles. The highest BCUT2D eigenvalue weighted by Crippen LogP contribution is 2.30. The van der Waals surface area contributed by atoms with Crippen molar-refractivity contribution in [3.8, 4) is 5.75 Å². The number of nitrogens with zero attached hydrogens (tertiary/aromatic N) is 2. The lowest BCUT2D eigenvalue weighted by Gasteiger charge is -2.35. The van der Waals surface area contributed by atoms with Crippen LogP contribution in [0.5, 0.6) is 5.75 Å². The summed E-state index contributed by atoms with van der Waals surface area (Å²) < 4.78 is 5.33. The lowest BCUT2D eigenvalue weighted by Crippen LogP contribution is -2.48. The number of carbonyl (C=O) groups excluding carboxylic acids is 2. The van der Waals surface area contributed by atoms with E-state index in [1.165, 1.54) is 6.92 Å². The van der Waals surface area contributed by atoms with Gasteiger partial charge in [-0.15, -0.1) is 0 Å². The summed E-state index contributed by atoms with van der Waals surface area (Å²) in [4.78, 5) is 26.5. The van der Waals surface area contributed by atoms with Gasteiger partial charge in [0.1, 0.15) is 5.75 Å². The molecule has 0 spiro atoms. The molecule has 1 aromatic rings. The normalized spacial score (nSPS) is 14.8. The van der Waals surface area contributed by atoms with Gasteiger partial charge in [0.05, 0.1) is 12.8 Å². The molecule has 1 aromatic carbocycles. The van der Waals surface area contributed by atoms with E-state index >= 15 is 0 Å². The van der Waals surface area contributed by atoms with Gasteiger partial charge in [0.15, 0.2) is 0 Å². The number of hydrogen-bond donors (Lipinski definition) is 1. The van der Waals surface area contributed by atoms with Gasteiger partial charge in [-0.05, 0) is 12.1 Å². The first-order valence-corrected chi connectivity index (χ1v) is 6.97. The Kier molecular flexibility index (Phi) is 4.67. The fourth-order valence-corrected chi connectivity index (χ4v) is 2.45. The second kappa shape index (κ2) is 6.47. The number of amides is 2. The quantitative estimate of drug-likeness (QED) is 0.912. The second-order valence-corrected chi connectivity index (χ2v) is 5.06. The summed E-state index contributed by atoms with van der Waals surface area (Å²) in [5, 5.41) is 2.74. The Morgan fingerprint density at radius 3 is 2.33 bits per heavy atom. The van der Waals surface area contributed by atoms with Gasteiger partial charge in [-0.3, -0.25) is 9.59 Å². The van der Waals surface area contributed by atoms with E-state index in [1.54, 1.807) is 14.0 Å². The van der Waals surface area contributed by atoms with E-state index in [2.05, 4.69) is 10.2 Å². The van der Waals surface area contributed by atoms with E-state index in [0.717, 1.165) is 31.9 Å². The number of carbonyl (C=O) groups is 2. The Bertz CT molecular complexity index is 537. The summed E-state index contributed by atoms with van der Waals surface area (Å²) in [5.41, 5.74) is 1.69. The van der Waals surface area contributed by atoms with Crippen molar-refractivity contribution < 1.29 is 14.3 Å². The standard InChI is InChI=1S/C15H21N3O3/c1-11(19)16-14-5-4-13(10-15(14)21-3)18-8-6-17(7-9-18)12(2)20/h4-5,10H,6-9H2,1-3H3,(H,16,19). The van der Waals surface area contributed by atoms with E-state index in [9.17, 15) is 9.59 Å². The molecule has 1 aliphatic rings. The topological polar surface area (TPSA) is 61.9 Å². The number of piperazine rings is 1.